The molecule has 1 rings (SSSR count). The van der Waals surface area contributed by atoms with Gasteiger partial charge in [-0.3, -0.25) is 4.79 Å². The maximum Gasteiger partial charge on any atom is 0.162 e. The molecule has 0 saturated heterocycles. The van der Waals surface area contributed by atoms with Crippen LogP contribution in [0, 0.1) is 11.8 Å². The fourth-order valence-electron chi connectivity index (χ4n) is 2.10. The van der Waals surface area contributed by atoms with Crippen molar-refractivity contribution >= 4 is 5.78 Å². The van der Waals surface area contributed by atoms with E-state index in [1.165, 1.54) is 0 Å². The minimum atomic E-state index is -1.24. The minimum Gasteiger partial charge on any atom is -0.366 e. The van der Waals surface area contributed by atoms with E-state index < -0.39 is 11.9 Å². The number of allylic oxidation sites excluding steroid dienone is 1. The van der Waals surface area contributed by atoms with Crippen LogP contribution in [0.1, 0.15) is 33.6 Å². The van der Waals surface area contributed by atoms with Crippen LogP contribution in [-0.4, -0.2) is 22.8 Å². The van der Waals surface area contributed by atoms with Gasteiger partial charge < -0.3 is 9.84 Å². The van der Waals surface area contributed by atoms with Gasteiger partial charge in [0, 0.05) is 6.42 Å². The van der Waals surface area contributed by atoms with Crippen LogP contribution in [0.5, 0.6) is 0 Å². The predicted octanol–water partition coefficient (Wildman–Crippen LogP) is 1.90. The van der Waals surface area contributed by atoms with Gasteiger partial charge >= 0.3 is 0 Å². The number of hydrogen-bond acceptors (Lipinski definition) is 3. The predicted molar refractivity (Wildman–Crippen MR) is 58.3 cm³/mol. The highest BCUT2D eigenvalue weighted by atomic mass is 16.6. The Morgan fingerprint density at radius 1 is 1.67 bits per heavy atom. The Bertz CT molecular complexity index is 252. The van der Waals surface area contributed by atoms with Crippen molar-refractivity contribution in [3.63, 3.8) is 0 Å². The monoisotopic (exact) mass is 212 g/mol. The number of aliphatic hydroxyl groups is 1. The van der Waals surface area contributed by atoms with Crippen LogP contribution < -0.4 is 0 Å². The SMILES string of the molecule is C=CC[C@H]1CC(=O)[C@H](OC(C)(C)O)[C@@H]1C. The maximum absolute atomic E-state index is 11.7. The van der Waals surface area contributed by atoms with Crippen LogP contribution in [0.2, 0.25) is 0 Å². The van der Waals surface area contributed by atoms with Crippen LogP contribution in [-0.2, 0) is 9.53 Å². The first-order chi connectivity index (χ1) is 6.85. The fourth-order valence-corrected chi connectivity index (χ4v) is 2.10. The normalized spacial score (nSPS) is 32.0. The first kappa shape index (κ1) is 12.4. The van der Waals surface area contributed by atoms with Crippen molar-refractivity contribution in [3.05, 3.63) is 12.7 Å². The van der Waals surface area contributed by atoms with Gasteiger partial charge in [-0.05, 0) is 32.1 Å². The van der Waals surface area contributed by atoms with Crippen LogP contribution in [0.4, 0.5) is 0 Å². The Kier molecular flexibility index (Phi) is 3.68. The first-order valence-electron chi connectivity index (χ1n) is 5.39. The van der Waals surface area contributed by atoms with Gasteiger partial charge in [-0.15, -0.1) is 6.58 Å². The summed E-state index contributed by atoms with van der Waals surface area (Å²) >= 11 is 0. The Hall–Kier alpha value is -0.670. The smallest absolute Gasteiger partial charge is 0.162 e. The van der Waals surface area contributed by atoms with E-state index in [1.54, 1.807) is 13.8 Å². The van der Waals surface area contributed by atoms with Gasteiger partial charge in [-0.1, -0.05) is 13.0 Å². The molecule has 0 radical (unpaired) electrons. The molecular weight excluding hydrogens is 192 g/mol. The third kappa shape index (κ3) is 3.14. The number of ketones is 1. The molecule has 15 heavy (non-hydrogen) atoms. The third-order valence-electron chi connectivity index (χ3n) is 2.89. The maximum atomic E-state index is 11.7. The lowest BCUT2D eigenvalue weighted by molar-refractivity contribution is -0.211. The van der Waals surface area contributed by atoms with E-state index in [9.17, 15) is 9.90 Å². The summed E-state index contributed by atoms with van der Waals surface area (Å²) in [5, 5.41) is 9.54. The molecule has 0 bridgehead atoms. The Labute approximate surface area is 91.1 Å². The van der Waals surface area contributed by atoms with Crippen molar-refractivity contribution in [1.29, 1.82) is 0 Å². The molecule has 0 spiro atoms. The second-order valence-corrected chi connectivity index (χ2v) is 4.80. The summed E-state index contributed by atoms with van der Waals surface area (Å²) in [6, 6.07) is 0. The van der Waals surface area contributed by atoms with E-state index in [1.807, 2.05) is 13.0 Å². The molecule has 1 aliphatic rings. The van der Waals surface area contributed by atoms with Gasteiger partial charge in [0.05, 0.1) is 0 Å². The van der Waals surface area contributed by atoms with Gasteiger partial charge in [-0.2, -0.15) is 0 Å². The molecule has 0 aromatic heterocycles. The molecule has 0 amide bonds. The summed E-state index contributed by atoms with van der Waals surface area (Å²) in [6.45, 7) is 8.78. The average Bonchev–Trinajstić information content (AvgIpc) is 2.32. The van der Waals surface area contributed by atoms with E-state index in [0.29, 0.717) is 12.3 Å². The van der Waals surface area contributed by atoms with Crippen LogP contribution in [0.25, 0.3) is 0 Å². The van der Waals surface area contributed by atoms with Crippen LogP contribution >= 0.6 is 0 Å². The fraction of sp³-hybridized carbons (Fsp3) is 0.750. The Balaban J connectivity index is 2.66. The topological polar surface area (TPSA) is 46.5 Å². The molecule has 1 fully saturated rings. The van der Waals surface area contributed by atoms with E-state index in [4.69, 9.17) is 4.74 Å². The van der Waals surface area contributed by atoms with Crippen molar-refractivity contribution in [2.45, 2.75) is 45.5 Å². The number of carbonyl (C=O) groups is 1. The van der Waals surface area contributed by atoms with E-state index in [0.717, 1.165) is 6.42 Å². The standard InChI is InChI=1S/C12H20O3/c1-5-6-9-7-10(13)11(8(9)2)15-12(3,4)14/h5,8-9,11,14H,1,6-7H2,2-4H3/t8-,9+,11-/m1/s1. The molecular formula is C12H20O3. The highest BCUT2D eigenvalue weighted by molar-refractivity contribution is 5.86. The molecule has 1 saturated carbocycles. The molecule has 0 aliphatic heterocycles. The van der Waals surface area contributed by atoms with Gasteiger partial charge in [0.15, 0.2) is 11.6 Å². The first-order valence-corrected chi connectivity index (χ1v) is 5.39. The molecule has 1 N–H and O–H groups in total. The molecule has 0 unspecified atom stereocenters. The van der Waals surface area contributed by atoms with Crippen molar-refractivity contribution in [3.8, 4) is 0 Å². The summed E-state index contributed by atoms with van der Waals surface area (Å²) in [6.07, 6.45) is 2.74. The lowest BCUT2D eigenvalue weighted by atomic mass is 9.94. The van der Waals surface area contributed by atoms with Crippen LogP contribution in [0.3, 0.4) is 0 Å². The molecule has 0 heterocycles. The molecule has 3 atom stereocenters. The number of ether oxygens (including phenoxy) is 1. The van der Waals surface area contributed by atoms with E-state index in [-0.39, 0.29) is 11.7 Å². The zero-order valence-electron chi connectivity index (χ0n) is 9.69. The van der Waals surface area contributed by atoms with Crippen molar-refractivity contribution in [1.82, 2.24) is 0 Å². The molecule has 0 aromatic rings. The number of rotatable bonds is 4. The lowest BCUT2D eigenvalue weighted by Crippen LogP contribution is -2.35. The summed E-state index contributed by atoms with van der Waals surface area (Å²) < 4.78 is 5.37. The van der Waals surface area contributed by atoms with Crippen LogP contribution in [0.15, 0.2) is 12.7 Å². The lowest BCUT2D eigenvalue weighted by Gasteiger charge is -2.26. The summed E-state index contributed by atoms with van der Waals surface area (Å²) in [7, 11) is 0. The summed E-state index contributed by atoms with van der Waals surface area (Å²) in [5.74, 6) is -0.682. The molecule has 1 aliphatic carbocycles. The molecule has 0 aromatic carbocycles. The highest BCUT2D eigenvalue weighted by Crippen LogP contribution is 2.35. The average molecular weight is 212 g/mol. The zero-order valence-corrected chi connectivity index (χ0v) is 9.69. The van der Waals surface area contributed by atoms with E-state index in [2.05, 4.69) is 6.58 Å². The second kappa shape index (κ2) is 4.45. The number of carbonyl (C=O) groups excluding carboxylic acids is 1. The van der Waals surface area contributed by atoms with Crippen molar-refractivity contribution < 1.29 is 14.6 Å². The van der Waals surface area contributed by atoms with E-state index >= 15 is 0 Å². The molecule has 3 heteroatoms. The minimum absolute atomic E-state index is 0.0940. The van der Waals surface area contributed by atoms with Gasteiger partial charge in [0.2, 0.25) is 0 Å². The Morgan fingerprint density at radius 2 is 2.27 bits per heavy atom. The second-order valence-electron chi connectivity index (χ2n) is 4.80. The van der Waals surface area contributed by atoms with Gasteiger partial charge in [-0.25, -0.2) is 0 Å². The van der Waals surface area contributed by atoms with Crippen molar-refractivity contribution in [2.75, 3.05) is 0 Å². The zero-order chi connectivity index (χ0) is 11.6. The quantitative estimate of drug-likeness (QED) is 0.572. The Morgan fingerprint density at radius 3 is 2.73 bits per heavy atom. The highest BCUT2D eigenvalue weighted by Gasteiger charge is 2.41. The van der Waals surface area contributed by atoms with Gasteiger partial charge in [0.25, 0.3) is 0 Å². The molecule has 3 nitrogen and oxygen atoms in total. The number of Topliss-reactive ketones (excluding diaryl/α,β-unsaturated/α-hetero) is 1. The third-order valence-corrected chi connectivity index (χ3v) is 2.89. The summed E-state index contributed by atoms with van der Waals surface area (Å²) in [4.78, 5) is 11.7. The molecule has 86 valence electrons. The largest absolute Gasteiger partial charge is 0.366 e. The van der Waals surface area contributed by atoms with Crippen molar-refractivity contribution in [2.24, 2.45) is 11.8 Å². The summed E-state index contributed by atoms with van der Waals surface area (Å²) in [5.41, 5.74) is 0. The number of hydrogen-bond donors (Lipinski definition) is 1. The van der Waals surface area contributed by atoms with Gasteiger partial charge in [0.1, 0.15) is 6.10 Å².